The molecule has 2 rings (SSSR count). The Morgan fingerprint density at radius 2 is 2.41 bits per heavy atom. The fourth-order valence-corrected chi connectivity index (χ4v) is 1.79. The molecule has 0 saturated carbocycles. The van der Waals surface area contributed by atoms with Gasteiger partial charge in [-0.25, -0.2) is 4.98 Å². The highest BCUT2D eigenvalue weighted by molar-refractivity contribution is 5.93. The second kappa shape index (κ2) is 4.95. The first-order valence-electron chi connectivity index (χ1n) is 5.65. The molecule has 2 amide bonds. The lowest BCUT2D eigenvalue weighted by Gasteiger charge is -2.21. The normalized spacial score (nSPS) is 19.6. The number of carbonyl (C=O) groups is 2. The summed E-state index contributed by atoms with van der Waals surface area (Å²) in [5.74, 6) is 0.341. The van der Waals surface area contributed by atoms with Gasteiger partial charge in [-0.15, -0.1) is 0 Å². The minimum absolute atomic E-state index is 0.0164. The summed E-state index contributed by atoms with van der Waals surface area (Å²) in [7, 11) is 0. The van der Waals surface area contributed by atoms with Crippen molar-refractivity contribution >= 4 is 17.6 Å². The Balaban J connectivity index is 1.95. The van der Waals surface area contributed by atoms with Crippen molar-refractivity contribution in [1.29, 1.82) is 0 Å². The molecule has 1 fully saturated rings. The zero-order valence-electron chi connectivity index (χ0n) is 9.69. The summed E-state index contributed by atoms with van der Waals surface area (Å²) in [4.78, 5) is 26.9. The van der Waals surface area contributed by atoms with Crippen molar-refractivity contribution in [3.8, 4) is 0 Å². The van der Waals surface area contributed by atoms with Crippen LogP contribution in [0.2, 0.25) is 0 Å². The van der Waals surface area contributed by atoms with Crippen LogP contribution < -0.4 is 10.6 Å². The predicted octanol–water partition coefficient (Wildman–Crippen LogP) is 0.855. The average molecular weight is 233 g/mol. The van der Waals surface area contributed by atoms with Gasteiger partial charge in [-0.3, -0.25) is 9.59 Å². The highest BCUT2D eigenvalue weighted by Crippen LogP contribution is 2.14. The van der Waals surface area contributed by atoms with Crippen LogP contribution in [-0.4, -0.2) is 23.3 Å². The van der Waals surface area contributed by atoms with Gasteiger partial charge in [0, 0.05) is 19.2 Å². The van der Waals surface area contributed by atoms with Crippen molar-refractivity contribution in [3.63, 3.8) is 0 Å². The number of hydrogen-bond donors (Lipinski definition) is 2. The first kappa shape index (κ1) is 11.6. The molecule has 1 aliphatic rings. The first-order valence-corrected chi connectivity index (χ1v) is 5.65. The van der Waals surface area contributed by atoms with E-state index in [0.717, 1.165) is 5.56 Å². The van der Waals surface area contributed by atoms with Crippen LogP contribution >= 0.6 is 0 Å². The molecule has 1 aromatic heterocycles. The number of pyridine rings is 1. The molecule has 0 spiro atoms. The van der Waals surface area contributed by atoms with Crippen LogP contribution in [0, 0.1) is 12.8 Å². The summed E-state index contributed by atoms with van der Waals surface area (Å²) in [5, 5.41) is 5.46. The Morgan fingerprint density at radius 1 is 1.59 bits per heavy atom. The fraction of sp³-hybridized carbons (Fsp3) is 0.417. The summed E-state index contributed by atoms with van der Waals surface area (Å²) in [6, 6.07) is 3.69. The van der Waals surface area contributed by atoms with E-state index in [-0.39, 0.29) is 17.7 Å². The molecular formula is C12H15N3O2. The van der Waals surface area contributed by atoms with E-state index in [1.54, 1.807) is 6.20 Å². The Labute approximate surface area is 99.6 Å². The number of carbonyl (C=O) groups excluding carboxylic acids is 2. The SMILES string of the molecule is Cc1ccnc(NC(=O)C2CCC(=O)NC2)c1. The molecule has 5 nitrogen and oxygen atoms in total. The molecule has 0 radical (unpaired) electrons. The number of aromatic nitrogens is 1. The molecule has 0 aromatic carbocycles. The predicted molar refractivity (Wildman–Crippen MR) is 63.3 cm³/mol. The fourth-order valence-electron chi connectivity index (χ4n) is 1.79. The highest BCUT2D eigenvalue weighted by Gasteiger charge is 2.24. The summed E-state index contributed by atoms with van der Waals surface area (Å²) >= 11 is 0. The second-order valence-electron chi connectivity index (χ2n) is 4.25. The molecule has 5 heteroatoms. The molecule has 1 aliphatic heterocycles. The smallest absolute Gasteiger partial charge is 0.230 e. The second-order valence-corrected chi connectivity index (χ2v) is 4.25. The van der Waals surface area contributed by atoms with Gasteiger partial charge in [-0.1, -0.05) is 0 Å². The zero-order valence-corrected chi connectivity index (χ0v) is 9.69. The summed E-state index contributed by atoms with van der Waals surface area (Å²) in [5.41, 5.74) is 1.05. The van der Waals surface area contributed by atoms with E-state index < -0.39 is 0 Å². The Morgan fingerprint density at radius 3 is 3.06 bits per heavy atom. The van der Waals surface area contributed by atoms with Crippen molar-refractivity contribution in [2.75, 3.05) is 11.9 Å². The lowest BCUT2D eigenvalue weighted by atomic mass is 9.98. The topological polar surface area (TPSA) is 71.1 Å². The molecule has 0 bridgehead atoms. The average Bonchev–Trinajstić information content (AvgIpc) is 2.29. The number of hydrogen-bond acceptors (Lipinski definition) is 3. The molecule has 90 valence electrons. The van der Waals surface area contributed by atoms with Crippen molar-refractivity contribution in [2.45, 2.75) is 19.8 Å². The number of anilines is 1. The standard InChI is InChI=1S/C12H15N3O2/c1-8-4-5-13-10(6-8)15-12(17)9-2-3-11(16)14-7-9/h4-6,9H,2-3,7H2,1H3,(H,14,16)(H,13,15,17). The number of rotatable bonds is 2. The van der Waals surface area contributed by atoms with Crippen molar-refractivity contribution < 1.29 is 9.59 Å². The summed E-state index contributed by atoms with van der Waals surface area (Å²) in [6.07, 6.45) is 2.68. The minimum atomic E-state index is -0.157. The molecule has 2 N–H and O–H groups in total. The maximum Gasteiger partial charge on any atom is 0.230 e. The summed E-state index contributed by atoms with van der Waals surface area (Å²) in [6.45, 7) is 2.36. The van der Waals surface area contributed by atoms with Crippen LogP contribution in [0.5, 0.6) is 0 Å². The Kier molecular flexibility index (Phi) is 3.37. The summed E-state index contributed by atoms with van der Waals surface area (Å²) < 4.78 is 0. The lowest BCUT2D eigenvalue weighted by Crippen LogP contribution is -2.40. The number of nitrogens with zero attached hydrogens (tertiary/aromatic N) is 1. The van der Waals surface area contributed by atoms with Gasteiger partial charge in [-0.05, 0) is 31.0 Å². The van der Waals surface area contributed by atoms with E-state index in [0.29, 0.717) is 25.2 Å². The third-order valence-corrected chi connectivity index (χ3v) is 2.80. The van der Waals surface area contributed by atoms with Crippen LogP contribution in [0.1, 0.15) is 18.4 Å². The Hall–Kier alpha value is -1.91. The van der Waals surface area contributed by atoms with Gasteiger partial charge in [0.25, 0.3) is 0 Å². The van der Waals surface area contributed by atoms with Crippen LogP contribution in [0.25, 0.3) is 0 Å². The van der Waals surface area contributed by atoms with E-state index in [4.69, 9.17) is 0 Å². The van der Waals surface area contributed by atoms with Crippen LogP contribution in [0.4, 0.5) is 5.82 Å². The van der Waals surface area contributed by atoms with E-state index in [1.165, 1.54) is 0 Å². The van der Waals surface area contributed by atoms with Crippen molar-refractivity contribution in [2.24, 2.45) is 5.92 Å². The van der Waals surface area contributed by atoms with Gasteiger partial charge < -0.3 is 10.6 Å². The zero-order chi connectivity index (χ0) is 12.3. The number of nitrogens with one attached hydrogen (secondary N) is 2. The van der Waals surface area contributed by atoms with Gasteiger partial charge >= 0.3 is 0 Å². The number of aryl methyl sites for hydroxylation is 1. The lowest BCUT2D eigenvalue weighted by molar-refractivity contribution is -0.126. The van der Waals surface area contributed by atoms with Crippen LogP contribution in [-0.2, 0) is 9.59 Å². The number of piperidine rings is 1. The largest absolute Gasteiger partial charge is 0.355 e. The molecule has 1 saturated heterocycles. The monoisotopic (exact) mass is 233 g/mol. The molecule has 1 atom stereocenters. The van der Waals surface area contributed by atoms with E-state index in [9.17, 15) is 9.59 Å². The molecule has 1 unspecified atom stereocenters. The van der Waals surface area contributed by atoms with Gasteiger partial charge in [0.1, 0.15) is 5.82 Å². The van der Waals surface area contributed by atoms with Crippen molar-refractivity contribution in [3.05, 3.63) is 23.9 Å². The molecule has 17 heavy (non-hydrogen) atoms. The Bertz CT molecular complexity index is 435. The number of amides is 2. The maximum absolute atomic E-state index is 11.9. The molecule has 1 aromatic rings. The highest BCUT2D eigenvalue weighted by atomic mass is 16.2. The first-order chi connectivity index (χ1) is 8.15. The van der Waals surface area contributed by atoms with Crippen LogP contribution in [0.15, 0.2) is 18.3 Å². The third-order valence-electron chi connectivity index (χ3n) is 2.80. The van der Waals surface area contributed by atoms with E-state index in [2.05, 4.69) is 15.6 Å². The quantitative estimate of drug-likeness (QED) is 0.795. The minimum Gasteiger partial charge on any atom is -0.355 e. The van der Waals surface area contributed by atoms with E-state index in [1.807, 2.05) is 19.1 Å². The maximum atomic E-state index is 11.9. The molecule has 0 aliphatic carbocycles. The van der Waals surface area contributed by atoms with Gasteiger partial charge in [-0.2, -0.15) is 0 Å². The van der Waals surface area contributed by atoms with Gasteiger partial charge in [0.05, 0.1) is 5.92 Å². The van der Waals surface area contributed by atoms with Crippen molar-refractivity contribution in [1.82, 2.24) is 10.3 Å². The van der Waals surface area contributed by atoms with Gasteiger partial charge in [0.15, 0.2) is 0 Å². The van der Waals surface area contributed by atoms with E-state index >= 15 is 0 Å². The molecular weight excluding hydrogens is 218 g/mol. The van der Waals surface area contributed by atoms with Gasteiger partial charge in [0.2, 0.25) is 11.8 Å². The third kappa shape index (κ3) is 3.03. The van der Waals surface area contributed by atoms with Crippen LogP contribution in [0.3, 0.4) is 0 Å². The molecule has 2 heterocycles.